The molecule has 0 spiro atoms. The molecule has 1 saturated heterocycles. The number of nitriles is 1. The summed E-state index contributed by atoms with van der Waals surface area (Å²) in [6.45, 7) is 1.78. The van der Waals surface area contributed by atoms with Crippen molar-refractivity contribution < 1.29 is 4.79 Å². The zero-order valence-electron chi connectivity index (χ0n) is 16.0. The highest BCUT2D eigenvalue weighted by Gasteiger charge is 2.28. The number of aromatic nitrogens is 1. The number of carbonyl (C=O) groups is 1. The fourth-order valence-corrected chi connectivity index (χ4v) is 3.97. The van der Waals surface area contributed by atoms with Gasteiger partial charge in [-0.3, -0.25) is 9.78 Å². The summed E-state index contributed by atoms with van der Waals surface area (Å²) >= 11 is 0. The van der Waals surface area contributed by atoms with Gasteiger partial charge in [-0.15, -0.1) is 12.4 Å². The molecule has 146 valence electrons. The highest BCUT2D eigenvalue weighted by molar-refractivity contribution is 6.14. The van der Waals surface area contributed by atoms with Crippen molar-refractivity contribution in [3.05, 3.63) is 89.1 Å². The van der Waals surface area contributed by atoms with Gasteiger partial charge in [0, 0.05) is 22.9 Å². The van der Waals surface area contributed by atoms with Crippen molar-refractivity contribution >= 4 is 18.2 Å². The van der Waals surface area contributed by atoms with E-state index < -0.39 is 0 Å². The lowest BCUT2D eigenvalue weighted by atomic mass is 9.79. The number of carbonyl (C=O) groups excluding carboxylic acids is 1. The second kappa shape index (κ2) is 9.47. The molecule has 3 aromatic rings. The number of halogens is 1. The zero-order valence-corrected chi connectivity index (χ0v) is 16.8. The van der Waals surface area contributed by atoms with Gasteiger partial charge in [-0.05, 0) is 55.6 Å². The Kier molecular flexibility index (Phi) is 6.77. The third-order valence-electron chi connectivity index (χ3n) is 5.32. The second-order valence-electron chi connectivity index (χ2n) is 7.00. The molecule has 4 rings (SSSR count). The highest BCUT2D eigenvalue weighted by atomic mass is 35.5. The first kappa shape index (κ1) is 20.7. The standard InChI is InChI=1S/C24H21N3O.ClH/c25-16-19-9-10-20(21-8-4-5-13-27-21)23(22(19)17-11-14-26-15-12-17)24(28)18-6-2-1-3-7-18;/h1-10,13,17,26H,11-12,14-15H2;1H. The number of piperidine rings is 1. The van der Waals surface area contributed by atoms with Crippen LogP contribution in [0.5, 0.6) is 0 Å². The van der Waals surface area contributed by atoms with Gasteiger partial charge in [-0.2, -0.15) is 5.26 Å². The normalized spacial score (nSPS) is 13.9. The fraction of sp³-hybridized carbons (Fsp3) is 0.208. The molecule has 1 fully saturated rings. The maximum absolute atomic E-state index is 13.6. The molecule has 1 aromatic heterocycles. The van der Waals surface area contributed by atoms with E-state index in [1.807, 2.05) is 60.7 Å². The summed E-state index contributed by atoms with van der Waals surface area (Å²) in [6, 6.07) is 21.0. The molecule has 5 heteroatoms. The summed E-state index contributed by atoms with van der Waals surface area (Å²) in [4.78, 5) is 18.1. The Hall–Kier alpha value is -3.00. The molecule has 0 radical (unpaired) electrons. The largest absolute Gasteiger partial charge is 0.317 e. The number of ketones is 1. The van der Waals surface area contributed by atoms with Gasteiger partial charge < -0.3 is 5.32 Å². The Morgan fingerprint density at radius 3 is 2.38 bits per heavy atom. The zero-order chi connectivity index (χ0) is 19.3. The van der Waals surface area contributed by atoms with Crippen molar-refractivity contribution in [1.82, 2.24) is 10.3 Å². The first-order valence-corrected chi connectivity index (χ1v) is 9.58. The topological polar surface area (TPSA) is 65.8 Å². The lowest BCUT2D eigenvalue weighted by Crippen LogP contribution is -2.28. The summed E-state index contributed by atoms with van der Waals surface area (Å²) in [6.07, 6.45) is 3.55. The Labute approximate surface area is 177 Å². The van der Waals surface area contributed by atoms with Crippen LogP contribution >= 0.6 is 12.4 Å². The average molecular weight is 404 g/mol. The molecule has 1 aliphatic rings. The van der Waals surface area contributed by atoms with Gasteiger partial charge in [0.1, 0.15) is 0 Å². The molecule has 1 N–H and O–H groups in total. The van der Waals surface area contributed by atoms with Crippen molar-refractivity contribution in [1.29, 1.82) is 5.26 Å². The first-order chi connectivity index (χ1) is 13.8. The van der Waals surface area contributed by atoms with Crippen LogP contribution < -0.4 is 5.32 Å². The second-order valence-corrected chi connectivity index (χ2v) is 7.00. The summed E-state index contributed by atoms with van der Waals surface area (Å²) in [5.41, 5.74) is 4.26. The SMILES string of the molecule is Cl.N#Cc1ccc(-c2ccccn2)c(C(=O)c2ccccc2)c1C1CCNCC1. The van der Waals surface area contributed by atoms with Gasteiger partial charge in [-0.1, -0.05) is 42.5 Å². The van der Waals surface area contributed by atoms with Gasteiger partial charge in [0.25, 0.3) is 0 Å². The van der Waals surface area contributed by atoms with E-state index in [0.29, 0.717) is 16.7 Å². The number of nitrogens with zero attached hydrogens (tertiary/aromatic N) is 2. The monoisotopic (exact) mass is 403 g/mol. The van der Waals surface area contributed by atoms with Gasteiger partial charge >= 0.3 is 0 Å². The lowest BCUT2D eigenvalue weighted by Gasteiger charge is -2.27. The van der Waals surface area contributed by atoms with Gasteiger partial charge in [0.15, 0.2) is 5.78 Å². The summed E-state index contributed by atoms with van der Waals surface area (Å²) in [5.74, 6) is 0.133. The summed E-state index contributed by atoms with van der Waals surface area (Å²) in [7, 11) is 0. The lowest BCUT2D eigenvalue weighted by molar-refractivity contribution is 0.103. The van der Waals surface area contributed by atoms with Crippen molar-refractivity contribution in [2.24, 2.45) is 0 Å². The summed E-state index contributed by atoms with van der Waals surface area (Å²) in [5, 5.41) is 13.2. The van der Waals surface area contributed by atoms with E-state index in [1.54, 1.807) is 6.20 Å². The predicted molar refractivity (Wildman–Crippen MR) is 116 cm³/mol. The van der Waals surface area contributed by atoms with Crippen LogP contribution in [-0.4, -0.2) is 23.9 Å². The van der Waals surface area contributed by atoms with Crippen LogP contribution in [0.15, 0.2) is 66.9 Å². The minimum Gasteiger partial charge on any atom is -0.317 e. The van der Waals surface area contributed by atoms with Crippen molar-refractivity contribution in [2.45, 2.75) is 18.8 Å². The predicted octanol–water partition coefficient (Wildman–Crippen LogP) is 4.74. The molecule has 0 aliphatic carbocycles. The minimum atomic E-state index is -0.0492. The van der Waals surface area contributed by atoms with Crippen LogP contribution in [0, 0.1) is 11.3 Å². The van der Waals surface area contributed by atoms with E-state index >= 15 is 0 Å². The molecule has 1 aliphatic heterocycles. The van der Waals surface area contributed by atoms with Crippen molar-refractivity contribution in [3.8, 4) is 17.3 Å². The fourth-order valence-electron chi connectivity index (χ4n) is 3.97. The third-order valence-corrected chi connectivity index (χ3v) is 5.32. The van der Waals surface area contributed by atoms with Crippen LogP contribution in [-0.2, 0) is 0 Å². The molecule has 0 atom stereocenters. The Morgan fingerprint density at radius 2 is 1.72 bits per heavy atom. The van der Waals surface area contributed by atoms with Crippen LogP contribution in [0.2, 0.25) is 0 Å². The van der Waals surface area contributed by atoms with E-state index in [0.717, 1.165) is 42.8 Å². The van der Waals surface area contributed by atoms with Gasteiger partial charge in [0.05, 0.1) is 17.3 Å². The van der Waals surface area contributed by atoms with E-state index in [2.05, 4.69) is 16.4 Å². The number of benzene rings is 2. The molecule has 0 unspecified atom stereocenters. The van der Waals surface area contributed by atoms with Crippen LogP contribution in [0.4, 0.5) is 0 Å². The number of nitrogens with one attached hydrogen (secondary N) is 1. The van der Waals surface area contributed by atoms with Crippen molar-refractivity contribution in [3.63, 3.8) is 0 Å². The van der Waals surface area contributed by atoms with Gasteiger partial charge in [-0.25, -0.2) is 0 Å². The third kappa shape index (κ3) is 4.22. The maximum Gasteiger partial charge on any atom is 0.194 e. The smallest absolute Gasteiger partial charge is 0.194 e. The molecule has 0 bridgehead atoms. The molecule has 0 amide bonds. The molecule has 2 aromatic carbocycles. The average Bonchev–Trinajstić information content (AvgIpc) is 2.79. The highest BCUT2D eigenvalue weighted by Crippen LogP contribution is 2.37. The number of rotatable bonds is 4. The van der Waals surface area contributed by atoms with E-state index in [-0.39, 0.29) is 24.1 Å². The minimum absolute atomic E-state index is 0. The van der Waals surface area contributed by atoms with Gasteiger partial charge in [0.2, 0.25) is 0 Å². The van der Waals surface area contributed by atoms with E-state index in [4.69, 9.17) is 0 Å². The van der Waals surface area contributed by atoms with Crippen LogP contribution in [0.3, 0.4) is 0 Å². The Bertz CT molecular complexity index is 1020. The van der Waals surface area contributed by atoms with E-state index in [1.165, 1.54) is 0 Å². The molecule has 2 heterocycles. The number of pyridine rings is 1. The maximum atomic E-state index is 13.6. The van der Waals surface area contributed by atoms with Crippen LogP contribution in [0.1, 0.15) is 45.8 Å². The number of hydrogen-bond acceptors (Lipinski definition) is 4. The van der Waals surface area contributed by atoms with Crippen molar-refractivity contribution in [2.75, 3.05) is 13.1 Å². The molecule has 4 nitrogen and oxygen atoms in total. The van der Waals surface area contributed by atoms with Crippen LogP contribution in [0.25, 0.3) is 11.3 Å². The molecular weight excluding hydrogens is 382 g/mol. The molecule has 29 heavy (non-hydrogen) atoms. The summed E-state index contributed by atoms with van der Waals surface area (Å²) < 4.78 is 0. The quantitative estimate of drug-likeness (QED) is 0.639. The van der Waals surface area contributed by atoms with E-state index in [9.17, 15) is 10.1 Å². The Morgan fingerprint density at radius 1 is 1.00 bits per heavy atom. The molecular formula is C24H22ClN3O. The molecule has 0 saturated carbocycles. The Balaban J connectivity index is 0.00000240. The number of hydrogen-bond donors (Lipinski definition) is 1. The first-order valence-electron chi connectivity index (χ1n) is 9.58.